The lowest BCUT2D eigenvalue weighted by molar-refractivity contribution is -0.111. The Labute approximate surface area is 125 Å². The number of hydrogen-bond acceptors (Lipinski definition) is 4. The van der Waals surface area contributed by atoms with Crippen molar-refractivity contribution < 1.29 is 9.59 Å². The third-order valence-electron chi connectivity index (χ3n) is 2.59. The van der Waals surface area contributed by atoms with Crippen molar-refractivity contribution in [3.63, 3.8) is 0 Å². The lowest BCUT2D eigenvalue weighted by Gasteiger charge is -2.13. The fraction of sp³-hybridized carbons (Fsp3) is 0.250. The first-order chi connectivity index (χ1) is 9.08. The van der Waals surface area contributed by atoms with Gasteiger partial charge in [0.2, 0.25) is 5.12 Å². The Morgan fingerprint density at radius 1 is 1.42 bits per heavy atom. The van der Waals surface area contributed by atoms with Gasteiger partial charge in [0.25, 0.3) is 5.91 Å². The van der Waals surface area contributed by atoms with Gasteiger partial charge in [0.15, 0.2) is 5.11 Å². The minimum absolute atomic E-state index is 0.0503. The topological polar surface area (TPSA) is 58.2 Å². The number of carbonyl (C=O) groups excluding carboxylic acids is 2. The van der Waals surface area contributed by atoms with Crippen molar-refractivity contribution in [2.24, 2.45) is 0 Å². The van der Waals surface area contributed by atoms with Crippen LogP contribution in [0.15, 0.2) is 24.3 Å². The molecular formula is C12H11ClN2O2S2. The number of benzene rings is 1. The molecule has 1 fully saturated rings. The molecule has 0 aromatic heterocycles. The van der Waals surface area contributed by atoms with Crippen LogP contribution in [0.4, 0.5) is 0 Å². The quantitative estimate of drug-likeness (QED) is 0.818. The monoisotopic (exact) mass is 314 g/mol. The van der Waals surface area contributed by atoms with Crippen LogP contribution in [0.1, 0.15) is 16.8 Å². The molecule has 2 rings (SSSR count). The maximum atomic E-state index is 11.9. The van der Waals surface area contributed by atoms with E-state index in [0.29, 0.717) is 17.0 Å². The molecule has 1 heterocycles. The van der Waals surface area contributed by atoms with Crippen LogP contribution >= 0.6 is 35.6 Å². The molecule has 19 heavy (non-hydrogen) atoms. The summed E-state index contributed by atoms with van der Waals surface area (Å²) in [5, 5.41) is 5.91. The van der Waals surface area contributed by atoms with E-state index in [9.17, 15) is 9.59 Å². The van der Waals surface area contributed by atoms with Gasteiger partial charge in [0.1, 0.15) is 0 Å². The number of nitrogens with one attached hydrogen (secondary N) is 2. The average molecular weight is 315 g/mol. The van der Waals surface area contributed by atoms with Gasteiger partial charge in [-0.15, -0.1) is 0 Å². The van der Waals surface area contributed by atoms with E-state index in [0.717, 1.165) is 5.75 Å². The Hall–Kier alpha value is -1.11. The number of rotatable bonds is 2. The minimum atomic E-state index is -0.388. The van der Waals surface area contributed by atoms with Crippen LogP contribution in [0.5, 0.6) is 0 Å². The molecule has 0 aliphatic carbocycles. The average Bonchev–Trinajstić information content (AvgIpc) is 2.75. The van der Waals surface area contributed by atoms with Crippen molar-refractivity contribution in [2.45, 2.75) is 12.5 Å². The molecule has 1 aliphatic rings. The number of carbonyl (C=O) groups is 2. The van der Waals surface area contributed by atoms with E-state index in [1.807, 2.05) is 0 Å². The molecular weight excluding hydrogens is 304 g/mol. The van der Waals surface area contributed by atoms with Gasteiger partial charge in [-0.05, 0) is 30.8 Å². The van der Waals surface area contributed by atoms with Crippen LogP contribution < -0.4 is 10.6 Å². The summed E-state index contributed by atoms with van der Waals surface area (Å²) in [6.07, 6.45) is 0.714. The highest BCUT2D eigenvalue weighted by molar-refractivity contribution is 8.14. The Balaban J connectivity index is 1.94. The van der Waals surface area contributed by atoms with Crippen LogP contribution in [0.25, 0.3) is 0 Å². The van der Waals surface area contributed by atoms with Crippen molar-refractivity contribution in [3.8, 4) is 0 Å². The van der Waals surface area contributed by atoms with Gasteiger partial charge in [0, 0.05) is 5.75 Å². The van der Waals surface area contributed by atoms with Crippen LogP contribution in [0.2, 0.25) is 5.02 Å². The molecule has 1 saturated heterocycles. The van der Waals surface area contributed by atoms with E-state index >= 15 is 0 Å². The third kappa shape index (κ3) is 3.68. The van der Waals surface area contributed by atoms with E-state index in [2.05, 4.69) is 10.6 Å². The highest BCUT2D eigenvalue weighted by atomic mass is 35.5. The maximum absolute atomic E-state index is 11.9. The molecule has 1 aromatic carbocycles. The molecule has 0 bridgehead atoms. The molecule has 1 amide bonds. The van der Waals surface area contributed by atoms with E-state index in [-0.39, 0.29) is 22.2 Å². The normalized spacial score (nSPS) is 18.2. The highest BCUT2D eigenvalue weighted by Crippen LogP contribution is 2.19. The van der Waals surface area contributed by atoms with Gasteiger partial charge in [-0.3, -0.25) is 14.9 Å². The first-order valence-corrected chi connectivity index (χ1v) is 7.38. The summed E-state index contributed by atoms with van der Waals surface area (Å²) in [4.78, 5) is 23.3. The summed E-state index contributed by atoms with van der Waals surface area (Å²) in [5.74, 6) is 0.388. The number of halogens is 1. The molecule has 7 heteroatoms. The predicted molar refractivity (Wildman–Crippen MR) is 80.5 cm³/mol. The number of amides is 1. The van der Waals surface area contributed by atoms with Gasteiger partial charge < -0.3 is 5.32 Å². The Morgan fingerprint density at radius 2 is 2.16 bits per heavy atom. The van der Waals surface area contributed by atoms with Gasteiger partial charge in [-0.1, -0.05) is 35.5 Å². The second-order valence-electron chi connectivity index (χ2n) is 3.92. The van der Waals surface area contributed by atoms with E-state index in [4.69, 9.17) is 23.8 Å². The number of hydrogen-bond donors (Lipinski definition) is 2. The Kier molecular flexibility index (Phi) is 4.79. The molecule has 0 unspecified atom stereocenters. The van der Waals surface area contributed by atoms with E-state index in [1.165, 1.54) is 11.8 Å². The van der Waals surface area contributed by atoms with Crippen molar-refractivity contribution in [1.82, 2.24) is 10.6 Å². The smallest absolute Gasteiger partial charge is 0.258 e. The molecule has 0 spiro atoms. The van der Waals surface area contributed by atoms with Crippen LogP contribution in [-0.4, -0.2) is 27.9 Å². The fourth-order valence-corrected chi connectivity index (χ4v) is 3.03. The zero-order valence-corrected chi connectivity index (χ0v) is 12.2. The largest absolute Gasteiger partial charge is 0.352 e. The summed E-state index contributed by atoms with van der Waals surface area (Å²) < 4.78 is 0. The second kappa shape index (κ2) is 6.36. The Bertz CT molecular complexity index is 536. The van der Waals surface area contributed by atoms with E-state index < -0.39 is 0 Å². The first kappa shape index (κ1) is 14.3. The molecule has 4 nitrogen and oxygen atoms in total. The molecule has 1 aromatic rings. The standard InChI is InChI=1S/C12H11ClN2O2S2/c13-8-4-2-1-3-7(8)10(16)15-12(18)14-9-5-6-19-11(9)17/h1-4,9H,5-6H2,(H2,14,15,16,18)/t9-/m0/s1. The van der Waals surface area contributed by atoms with E-state index in [1.54, 1.807) is 24.3 Å². The van der Waals surface area contributed by atoms with Gasteiger partial charge >= 0.3 is 0 Å². The van der Waals surface area contributed by atoms with Crippen molar-refractivity contribution in [3.05, 3.63) is 34.9 Å². The minimum Gasteiger partial charge on any atom is -0.352 e. The predicted octanol–water partition coefficient (Wildman–Crippen LogP) is 1.98. The maximum Gasteiger partial charge on any atom is 0.258 e. The summed E-state index contributed by atoms with van der Waals surface area (Å²) in [6.45, 7) is 0. The summed E-state index contributed by atoms with van der Waals surface area (Å²) in [5.41, 5.74) is 0.348. The molecule has 0 saturated carbocycles. The molecule has 1 atom stereocenters. The lowest BCUT2D eigenvalue weighted by atomic mass is 10.2. The summed E-state index contributed by atoms with van der Waals surface area (Å²) in [7, 11) is 0. The van der Waals surface area contributed by atoms with Crippen LogP contribution in [0, 0.1) is 0 Å². The van der Waals surface area contributed by atoms with Crippen LogP contribution in [-0.2, 0) is 4.79 Å². The van der Waals surface area contributed by atoms with Gasteiger partial charge in [-0.2, -0.15) is 0 Å². The highest BCUT2D eigenvalue weighted by Gasteiger charge is 2.26. The van der Waals surface area contributed by atoms with Crippen LogP contribution in [0.3, 0.4) is 0 Å². The molecule has 100 valence electrons. The van der Waals surface area contributed by atoms with Gasteiger partial charge in [0.05, 0.1) is 16.6 Å². The van der Waals surface area contributed by atoms with Crippen molar-refractivity contribution in [1.29, 1.82) is 0 Å². The second-order valence-corrected chi connectivity index (χ2v) is 5.83. The Morgan fingerprint density at radius 3 is 2.79 bits per heavy atom. The summed E-state index contributed by atoms with van der Waals surface area (Å²) >= 11 is 12.2. The van der Waals surface area contributed by atoms with Crippen molar-refractivity contribution in [2.75, 3.05) is 5.75 Å². The fourth-order valence-electron chi connectivity index (χ4n) is 1.64. The zero-order valence-electron chi connectivity index (χ0n) is 9.81. The lowest BCUT2D eigenvalue weighted by Crippen LogP contribution is -2.45. The third-order valence-corrected chi connectivity index (χ3v) is 4.14. The number of thioether (sulfide) groups is 1. The molecule has 0 radical (unpaired) electrons. The SMILES string of the molecule is O=C(NC(=S)N[C@H]1CCSC1=O)c1ccccc1Cl. The molecule has 2 N–H and O–H groups in total. The molecule has 1 aliphatic heterocycles. The zero-order chi connectivity index (χ0) is 13.8. The summed E-state index contributed by atoms with van der Waals surface area (Å²) in [6, 6.07) is 6.38. The first-order valence-electron chi connectivity index (χ1n) is 5.61. The van der Waals surface area contributed by atoms with Crippen molar-refractivity contribution >= 4 is 51.7 Å². The number of thiocarbonyl (C=S) groups is 1. The van der Waals surface area contributed by atoms with Gasteiger partial charge in [-0.25, -0.2) is 0 Å².